The van der Waals surface area contributed by atoms with Crippen molar-refractivity contribution in [3.63, 3.8) is 0 Å². The average molecular weight is 452 g/mol. The van der Waals surface area contributed by atoms with Crippen LogP contribution in [0.3, 0.4) is 0 Å². The van der Waals surface area contributed by atoms with E-state index in [1.165, 1.54) is 5.56 Å². The summed E-state index contributed by atoms with van der Waals surface area (Å²) in [5.74, 6) is 0.327. The smallest absolute Gasteiger partial charge is 0.196 e. The molecule has 0 aliphatic carbocycles. The van der Waals surface area contributed by atoms with Gasteiger partial charge in [-0.05, 0) is 41.3 Å². The van der Waals surface area contributed by atoms with Crippen LogP contribution in [0.15, 0.2) is 77.9 Å². The maximum Gasteiger partial charge on any atom is 0.196 e. The minimum absolute atomic E-state index is 0.0892. The van der Waals surface area contributed by atoms with Gasteiger partial charge in [-0.25, -0.2) is 5.01 Å². The number of benzene rings is 3. The van der Waals surface area contributed by atoms with Crippen LogP contribution in [0.25, 0.3) is 0 Å². The Hall–Kier alpha value is -2.82. The Labute approximate surface area is 192 Å². The molecule has 0 radical (unpaired) electrons. The number of carbonyl (C=O) groups excluding carboxylic acids is 1. The number of halogens is 2. The second kappa shape index (κ2) is 9.13. The Kier molecular flexibility index (Phi) is 6.30. The van der Waals surface area contributed by atoms with Gasteiger partial charge < -0.3 is 4.90 Å². The number of Topliss-reactive ketones (excluding diaryl/α,β-unsaturated/α-hetero) is 1. The normalized spacial score (nSPS) is 15.9. The highest BCUT2D eigenvalue weighted by Crippen LogP contribution is 2.39. The van der Waals surface area contributed by atoms with E-state index in [2.05, 4.69) is 43.3 Å². The number of hydrogen-bond acceptors (Lipinski definition) is 4. The van der Waals surface area contributed by atoms with Crippen LogP contribution >= 0.6 is 23.2 Å². The van der Waals surface area contributed by atoms with Crippen molar-refractivity contribution in [2.45, 2.75) is 33.0 Å². The van der Waals surface area contributed by atoms with Crippen molar-refractivity contribution in [2.24, 2.45) is 5.10 Å². The molecule has 0 N–H and O–H groups in total. The summed E-state index contributed by atoms with van der Waals surface area (Å²) in [4.78, 5) is 14.6. The Balaban J connectivity index is 1.82. The lowest BCUT2D eigenvalue weighted by atomic mass is 10.1. The summed E-state index contributed by atoms with van der Waals surface area (Å²) >= 11 is 12.4. The van der Waals surface area contributed by atoms with Gasteiger partial charge in [-0.3, -0.25) is 4.79 Å². The molecule has 158 valence electrons. The second-order valence-corrected chi connectivity index (χ2v) is 8.32. The van der Waals surface area contributed by atoms with E-state index in [4.69, 9.17) is 28.3 Å². The summed E-state index contributed by atoms with van der Waals surface area (Å²) in [5.41, 5.74) is 4.17. The lowest BCUT2D eigenvalue weighted by molar-refractivity contribution is -0.111. The number of hydrogen-bond donors (Lipinski definition) is 0. The van der Waals surface area contributed by atoms with Crippen molar-refractivity contribution in [1.29, 1.82) is 0 Å². The molecule has 0 amide bonds. The largest absolute Gasteiger partial charge is 0.322 e. The summed E-state index contributed by atoms with van der Waals surface area (Å²) < 4.78 is 0. The molecule has 1 atom stereocenters. The second-order valence-electron chi connectivity index (χ2n) is 7.51. The van der Waals surface area contributed by atoms with Crippen molar-refractivity contribution in [3.05, 3.63) is 99.5 Å². The Bertz CT molecular complexity index is 1110. The summed E-state index contributed by atoms with van der Waals surface area (Å²) in [6.45, 7) is 4.23. The molecule has 0 saturated carbocycles. The number of hydrazone groups is 1. The number of anilines is 1. The quantitative estimate of drug-likeness (QED) is 0.430. The molecular weight excluding hydrogens is 429 g/mol. The SMILES string of the molecule is CCc1ccc(C2N(Cc3ccccc3)C(C(C)=O)=NN2c2ccc(Cl)c(Cl)c2)cc1. The first-order chi connectivity index (χ1) is 15.0. The van der Waals surface area contributed by atoms with Gasteiger partial charge in [0.1, 0.15) is 0 Å². The molecule has 1 heterocycles. The van der Waals surface area contributed by atoms with Crippen LogP contribution in [0, 0.1) is 0 Å². The first-order valence-corrected chi connectivity index (χ1v) is 11.0. The highest BCUT2D eigenvalue weighted by Gasteiger charge is 2.38. The standard InChI is InChI=1S/C25H23Cl2N3O/c1-3-18-9-11-20(12-10-18)25-29(16-19-7-5-4-6-8-19)24(17(2)31)28-30(25)21-13-14-22(26)23(27)15-21/h4-15,25H,3,16H2,1-2H3. The van der Waals surface area contributed by atoms with E-state index in [-0.39, 0.29) is 11.9 Å². The molecule has 31 heavy (non-hydrogen) atoms. The number of amidine groups is 1. The van der Waals surface area contributed by atoms with Crippen molar-refractivity contribution in [3.8, 4) is 0 Å². The Morgan fingerprint density at radius 1 is 0.935 bits per heavy atom. The summed E-state index contributed by atoms with van der Waals surface area (Å²) in [6.07, 6.45) is 0.673. The summed E-state index contributed by atoms with van der Waals surface area (Å²) in [6, 6.07) is 23.9. The number of rotatable bonds is 6. The van der Waals surface area contributed by atoms with E-state index in [0.717, 1.165) is 23.2 Å². The molecule has 1 unspecified atom stereocenters. The molecule has 0 spiro atoms. The van der Waals surface area contributed by atoms with Gasteiger partial charge in [-0.2, -0.15) is 0 Å². The van der Waals surface area contributed by atoms with Gasteiger partial charge in [0, 0.05) is 13.5 Å². The monoisotopic (exact) mass is 451 g/mol. The molecule has 4 rings (SSSR count). The predicted octanol–water partition coefficient (Wildman–Crippen LogP) is 6.48. The molecule has 1 aliphatic heterocycles. The van der Waals surface area contributed by atoms with Crippen LogP contribution < -0.4 is 5.01 Å². The third-order valence-electron chi connectivity index (χ3n) is 5.37. The van der Waals surface area contributed by atoms with Crippen molar-refractivity contribution in [1.82, 2.24) is 4.90 Å². The van der Waals surface area contributed by atoms with Gasteiger partial charge in [0.15, 0.2) is 17.8 Å². The van der Waals surface area contributed by atoms with Gasteiger partial charge >= 0.3 is 0 Å². The van der Waals surface area contributed by atoms with Crippen LogP contribution in [-0.2, 0) is 17.8 Å². The Morgan fingerprint density at radius 2 is 1.65 bits per heavy atom. The number of carbonyl (C=O) groups is 1. The molecule has 0 bridgehead atoms. The van der Waals surface area contributed by atoms with E-state index in [0.29, 0.717) is 22.4 Å². The van der Waals surface area contributed by atoms with Crippen molar-refractivity contribution in [2.75, 3.05) is 5.01 Å². The average Bonchev–Trinajstić information content (AvgIpc) is 3.16. The van der Waals surface area contributed by atoms with Gasteiger partial charge in [0.05, 0.1) is 15.7 Å². The Morgan fingerprint density at radius 3 is 2.26 bits per heavy atom. The highest BCUT2D eigenvalue weighted by molar-refractivity contribution is 6.42. The fourth-order valence-electron chi connectivity index (χ4n) is 3.75. The maximum absolute atomic E-state index is 12.6. The topological polar surface area (TPSA) is 35.9 Å². The number of nitrogens with zero attached hydrogens (tertiary/aromatic N) is 3. The molecular formula is C25H23Cl2N3O. The zero-order valence-corrected chi connectivity index (χ0v) is 18.9. The molecule has 4 nitrogen and oxygen atoms in total. The van der Waals surface area contributed by atoms with Crippen LogP contribution in [-0.4, -0.2) is 16.5 Å². The van der Waals surface area contributed by atoms with Crippen LogP contribution in [0.5, 0.6) is 0 Å². The zero-order valence-electron chi connectivity index (χ0n) is 17.4. The molecule has 0 fully saturated rings. The van der Waals surface area contributed by atoms with E-state index in [9.17, 15) is 4.79 Å². The maximum atomic E-state index is 12.6. The van der Waals surface area contributed by atoms with Crippen molar-refractivity contribution >= 4 is 40.5 Å². The van der Waals surface area contributed by atoms with Gasteiger partial charge in [-0.15, -0.1) is 5.10 Å². The third kappa shape index (κ3) is 4.46. The molecule has 0 saturated heterocycles. The summed E-state index contributed by atoms with van der Waals surface area (Å²) in [7, 11) is 0. The highest BCUT2D eigenvalue weighted by atomic mass is 35.5. The van der Waals surface area contributed by atoms with Gasteiger partial charge in [0.2, 0.25) is 0 Å². The van der Waals surface area contributed by atoms with Crippen molar-refractivity contribution < 1.29 is 4.79 Å². The minimum Gasteiger partial charge on any atom is -0.322 e. The van der Waals surface area contributed by atoms with Gasteiger partial charge in [-0.1, -0.05) is 84.7 Å². The van der Waals surface area contributed by atoms with Crippen LogP contribution in [0.1, 0.15) is 36.7 Å². The van der Waals surface area contributed by atoms with Gasteiger partial charge in [0.25, 0.3) is 0 Å². The third-order valence-corrected chi connectivity index (χ3v) is 6.10. The fourth-order valence-corrected chi connectivity index (χ4v) is 4.04. The predicted molar refractivity (Wildman–Crippen MR) is 128 cm³/mol. The number of aryl methyl sites for hydroxylation is 1. The lowest BCUT2D eigenvalue weighted by Crippen LogP contribution is -2.37. The summed E-state index contributed by atoms with van der Waals surface area (Å²) in [5, 5.41) is 7.50. The first kappa shape index (κ1) is 21.4. The fraction of sp³-hybridized carbons (Fsp3) is 0.200. The lowest BCUT2D eigenvalue weighted by Gasteiger charge is -2.32. The molecule has 1 aliphatic rings. The van der Waals surface area contributed by atoms with Crippen LogP contribution in [0.2, 0.25) is 10.0 Å². The van der Waals surface area contributed by atoms with E-state index < -0.39 is 0 Å². The number of ketones is 1. The minimum atomic E-state index is -0.290. The molecule has 6 heteroatoms. The van der Waals surface area contributed by atoms with E-state index in [1.54, 1.807) is 19.1 Å². The van der Waals surface area contributed by atoms with Crippen LogP contribution in [0.4, 0.5) is 5.69 Å². The van der Waals surface area contributed by atoms with E-state index in [1.807, 2.05) is 34.2 Å². The molecule has 3 aromatic rings. The van der Waals surface area contributed by atoms with E-state index >= 15 is 0 Å². The molecule has 0 aromatic heterocycles. The molecule has 3 aromatic carbocycles. The zero-order chi connectivity index (χ0) is 22.0. The first-order valence-electron chi connectivity index (χ1n) is 10.2.